The van der Waals surface area contributed by atoms with Crippen LogP contribution in [-0.4, -0.2) is 46.2 Å². The van der Waals surface area contributed by atoms with Gasteiger partial charge in [-0.05, 0) is 25.0 Å². The molecule has 0 radical (unpaired) electrons. The molecule has 1 aromatic carbocycles. The van der Waals surface area contributed by atoms with E-state index in [-0.39, 0.29) is 11.7 Å². The fourth-order valence-corrected chi connectivity index (χ4v) is 3.99. The number of aromatic hydroxyl groups is 1. The molecule has 0 unspecified atom stereocenters. The number of nitrogens with zero attached hydrogens (tertiary/aromatic N) is 5. The third-order valence-corrected chi connectivity index (χ3v) is 5.93. The molecule has 3 heterocycles. The van der Waals surface area contributed by atoms with E-state index >= 15 is 0 Å². The molecule has 2 aromatic rings. The number of hydrogen-bond donors (Lipinski definition) is 2. The number of nitrogen functional groups attached to an aromatic ring is 1. The molecule has 1 aromatic heterocycles. The molecule has 0 spiro atoms. The second kappa shape index (κ2) is 8.46. The van der Waals surface area contributed by atoms with Crippen LogP contribution in [0.3, 0.4) is 0 Å². The first-order valence-electron chi connectivity index (χ1n) is 10.2. The monoisotopic (exact) mass is 402 g/mol. The largest absolute Gasteiger partial charge is 0.506 e. The Kier molecular flexibility index (Phi) is 5.57. The van der Waals surface area contributed by atoms with Crippen molar-refractivity contribution in [3.05, 3.63) is 60.2 Å². The number of para-hydroxylation sites is 1. The number of piperidine rings is 1. The molecule has 0 saturated carbocycles. The van der Waals surface area contributed by atoms with Gasteiger partial charge in [-0.1, -0.05) is 24.8 Å². The van der Waals surface area contributed by atoms with Crippen LogP contribution in [0, 0.1) is 17.2 Å². The summed E-state index contributed by atoms with van der Waals surface area (Å²) in [5, 5.41) is 18.9. The van der Waals surface area contributed by atoms with E-state index in [9.17, 15) is 5.11 Å². The van der Waals surface area contributed by atoms with Crippen molar-refractivity contribution in [1.29, 1.82) is 5.26 Å². The second-order valence-electron chi connectivity index (χ2n) is 7.86. The molecule has 3 N–H and O–H groups in total. The van der Waals surface area contributed by atoms with Gasteiger partial charge in [0.05, 0.1) is 17.5 Å². The van der Waals surface area contributed by atoms with E-state index in [0.717, 1.165) is 61.8 Å². The van der Waals surface area contributed by atoms with Crippen molar-refractivity contribution < 1.29 is 5.11 Å². The van der Waals surface area contributed by atoms with E-state index < -0.39 is 0 Å². The number of nitriles is 1. The van der Waals surface area contributed by atoms with E-state index in [4.69, 9.17) is 11.0 Å². The fourth-order valence-electron chi connectivity index (χ4n) is 3.99. The van der Waals surface area contributed by atoms with Gasteiger partial charge in [-0.2, -0.15) is 5.26 Å². The summed E-state index contributed by atoms with van der Waals surface area (Å²) in [5.41, 5.74) is 8.97. The summed E-state index contributed by atoms with van der Waals surface area (Å²) in [6.07, 6.45) is 9.05. The predicted molar refractivity (Wildman–Crippen MR) is 118 cm³/mol. The molecule has 2 aliphatic heterocycles. The summed E-state index contributed by atoms with van der Waals surface area (Å²) < 4.78 is 0. The number of likely N-dealkylation sites (tertiary alicyclic amines) is 1. The zero-order valence-electron chi connectivity index (χ0n) is 16.9. The van der Waals surface area contributed by atoms with Crippen molar-refractivity contribution in [3.8, 4) is 11.8 Å². The second-order valence-corrected chi connectivity index (χ2v) is 7.86. The highest BCUT2D eigenvalue weighted by Crippen LogP contribution is 2.35. The van der Waals surface area contributed by atoms with Gasteiger partial charge in [0.1, 0.15) is 5.75 Å². The lowest BCUT2D eigenvalue weighted by Gasteiger charge is -2.42. The van der Waals surface area contributed by atoms with Gasteiger partial charge in [0, 0.05) is 61.7 Å². The summed E-state index contributed by atoms with van der Waals surface area (Å²) in [6, 6.07) is 7.58. The summed E-state index contributed by atoms with van der Waals surface area (Å²) in [7, 11) is 0. The molecule has 2 aliphatic rings. The van der Waals surface area contributed by atoms with Gasteiger partial charge < -0.3 is 20.6 Å². The normalized spacial score (nSPS) is 17.7. The Labute approximate surface area is 176 Å². The van der Waals surface area contributed by atoms with Crippen LogP contribution in [0.15, 0.2) is 48.9 Å². The number of anilines is 2. The van der Waals surface area contributed by atoms with Crippen LogP contribution < -0.4 is 10.6 Å². The molecule has 4 rings (SSSR count). The van der Waals surface area contributed by atoms with Crippen molar-refractivity contribution in [3.63, 3.8) is 0 Å². The lowest BCUT2D eigenvalue weighted by atomic mass is 9.93. The molecule has 30 heavy (non-hydrogen) atoms. The smallest absolute Gasteiger partial charge is 0.150 e. The Bertz CT molecular complexity index is 997. The highest BCUT2D eigenvalue weighted by Gasteiger charge is 2.33. The number of phenolic OH excluding ortho intramolecular Hbond substituents is 1. The number of benzene rings is 1. The minimum atomic E-state index is 0.0840. The van der Waals surface area contributed by atoms with Crippen LogP contribution in [0.2, 0.25) is 0 Å². The zero-order valence-corrected chi connectivity index (χ0v) is 16.9. The average molecular weight is 403 g/mol. The van der Waals surface area contributed by atoms with Gasteiger partial charge in [0.15, 0.2) is 5.82 Å². The first kappa shape index (κ1) is 19.8. The maximum absolute atomic E-state index is 9.73. The molecule has 7 nitrogen and oxygen atoms in total. The molecule has 154 valence electrons. The van der Waals surface area contributed by atoms with E-state index in [1.165, 1.54) is 0 Å². The molecular weight excluding hydrogens is 376 g/mol. The lowest BCUT2D eigenvalue weighted by molar-refractivity contribution is 0.203. The number of nitrogens with two attached hydrogens (primary N) is 1. The topological polar surface area (TPSA) is 102 Å². The Morgan fingerprint density at radius 2 is 1.97 bits per heavy atom. The van der Waals surface area contributed by atoms with Gasteiger partial charge >= 0.3 is 0 Å². The lowest BCUT2D eigenvalue weighted by Crippen LogP contribution is -2.45. The highest BCUT2D eigenvalue weighted by molar-refractivity contribution is 5.70. The third kappa shape index (κ3) is 3.94. The van der Waals surface area contributed by atoms with Crippen molar-refractivity contribution >= 4 is 17.6 Å². The van der Waals surface area contributed by atoms with E-state index in [1.54, 1.807) is 24.5 Å². The third-order valence-electron chi connectivity index (χ3n) is 5.93. The van der Waals surface area contributed by atoms with Crippen LogP contribution in [0.1, 0.15) is 30.0 Å². The van der Waals surface area contributed by atoms with Crippen LogP contribution >= 0.6 is 0 Å². The quantitative estimate of drug-likeness (QED) is 0.450. The molecule has 7 heteroatoms. The first-order valence-corrected chi connectivity index (χ1v) is 10.2. The van der Waals surface area contributed by atoms with Crippen LogP contribution in [0.25, 0.3) is 6.08 Å². The summed E-state index contributed by atoms with van der Waals surface area (Å²) in [4.78, 5) is 13.7. The number of phenols is 1. The van der Waals surface area contributed by atoms with Gasteiger partial charge in [0.25, 0.3) is 0 Å². The Hall–Kier alpha value is -3.53. The van der Waals surface area contributed by atoms with Gasteiger partial charge in [-0.25, -0.2) is 4.98 Å². The van der Waals surface area contributed by atoms with E-state index in [1.807, 2.05) is 18.2 Å². The Morgan fingerprint density at radius 1 is 1.23 bits per heavy atom. The molecular formula is C23H26N6O. The maximum atomic E-state index is 9.73. The van der Waals surface area contributed by atoms with Gasteiger partial charge in [0.2, 0.25) is 0 Å². The molecule has 2 fully saturated rings. The average Bonchev–Trinajstić information content (AvgIpc) is 2.74. The fraction of sp³-hybridized carbons (Fsp3) is 0.348. The Morgan fingerprint density at radius 3 is 2.70 bits per heavy atom. The van der Waals surface area contributed by atoms with Crippen LogP contribution in [0.4, 0.5) is 11.5 Å². The maximum Gasteiger partial charge on any atom is 0.150 e. The van der Waals surface area contributed by atoms with Gasteiger partial charge in [-0.15, -0.1) is 0 Å². The number of allylic oxidation sites excluding steroid dienone is 1. The molecule has 0 bridgehead atoms. The Balaban J connectivity index is 1.39. The standard InChI is InChI=1S/C23H26N6O/c1-16(5-6-18-3-2-4-20(30)21(18)25)29-14-19(15-29)22-23(27-10-9-26-22)28-11-7-17(13-24)8-12-28/h2-6,9-10,17,19,30H,1,7-8,11-12,14-15,25H2/b6-5-. The van der Waals surface area contributed by atoms with Crippen molar-refractivity contribution in [2.75, 3.05) is 36.8 Å². The zero-order chi connectivity index (χ0) is 21.1. The van der Waals surface area contributed by atoms with Crippen molar-refractivity contribution in [2.45, 2.75) is 18.8 Å². The number of aromatic nitrogens is 2. The summed E-state index contributed by atoms with van der Waals surface area (Å²) in [6.45, 7) is 7.52. The van der Waals surface area contributed by atoms with Gasteiger partial charge in [-0.3, -0.25) is 4.98 Å². The van der Waals surface area contributed by atoms with Crippen LogP contribution in [0.5, 0.6) is 5.75 Å². The number of rotatable bonds is 5. The predicted octanol–water partition coefficient (Wildman–Crippen LogP) is 3.13. The van der Waals surface area contributed by atoms with E-state index in [2.05, 4.69) is 32.4 Å². The molecule has 2 saturated heterocycles. The molecule has 0 amide bonds. The highest BCUT2D eigenvalue weighted by atomic mass is 16.3. The first-order chi connectivity index (χ1) is 14.6. The SMILES string of the molecule is C=C(/C=C\c1cccc(O)c1N)N1CC(c2nccnc2N2CCC(C#N)CC2)C1. The number of hydrogen-bond acceptors (Lipinski definition) is 7. The molecule has 0 aliphatic carbocycles. The summed E-state index contributed by atoms with van der Waals surface area (Å²) in [5.74, 6) is 1.49. The van der Waals surface area contributed by atoms with E-state index in [0.29, 0.717) is 11.6 Å². The van der Waals surface area contributed by atoms with Crippen LogP contribution in [-0.2, 0) is 0 Å². The molecule has 0 atom stereocenters. The van der Waals surface area contributed by atoms with Crippen molar-refractivity contribution in [1.82, 2.24) is 14.9 Å². The minimum Gasteiger partial charge on any atom is -0.506 e. The van der Waals surface area contributed by atoms with Crippen molar-refractivity contribution in [2.24, 2.45) is 5.92 Å². The summed E-state index contributed by atoms with van der Waals surface area (Å²) >= 11 is 0. The minimum absolute atomic E-state index is 0.0840.